The van der Waals surface area contributed by atoms with Crippen LogP contribution in [0.1, 0.15) is 32.9 Å². The topological polar surface area (TPSA) is 37.8 Å². The molecule has 3 nitrogen and oxygen atoms in total. The summed E-state index contributed by atoms with van der Waals surface area (Å²) in [7, 11) is 0. The van der Waals surface area contributed by atoms with Crippen LogP contribution in [0.15, 0.2) is 9.69 Å². The molecule has 2 rings (SSSR count). The van der Waals surface area contributed by atoms with Crippen molar-refractivity contribution in [2.75, 3.05) is 5.75 Å². The molecule has 0 fully saturated rings. The van der Waals surface area contributed by atoms with Gasteiger partial charge in [-0.15, -0.1) is 11.8 Å². The summed E-state index contributed by atoms with van der Waals surface area (Å²) < 4.78 is 1.75. The van der Waals surface area contributed by atoms with Gasteiger partial charge in [0.15, 0.2) is 0 Å². The Labute approximate surface area is 87.9 Å². The minimum Gasteiger partial charge on any atom is -0.298 e. The molecule has 0 radical (unpaired) electrons. The molecule has 4 heteroatoms. The fourth-order valence-corrected chi connectivity index (χ4v) is 2.71. The number of hydrogen-bond acceptors (Lipinski definition) is 2. The lowest BCUT2D eigenvalue weighted by Crippen LogP contribution is -2.32. The van der Waals surface area contributed by atoms with E-state index < -0.39 is 0 Å². The Kier molecular flexibility index (Phi) is 2.26. The number of fused-ring (bicyclic) bond motifs is 1. The lowest BCUT2D eigenvalue weighted by atomic mass is 10.1. The molecule has 2 heterocycles. The largest absolute Gasteiger partial charge is 0.298 e. The highest BCUT2D eigenvalue weighted by Gasteiger charge is 2.23. The molecule has 1 aromatic rings. The van der Waals surface area contributed by atoms with E-state index in [4.69, 9.17) is 0 Å². The smallest absolute Gasteiger partial charge is 0.280 e. The zero-order valence-electron chi connectivity index (χ0n) is 8.89. The van der Waals surface area contributed by atoms with Gasteiger partial charge in [0, 0.05) is 0 Å². The number of nitrogens with one attached hydrogen (secondary N) is 1. The Morgan fingerprint density at radius 3 is 2.71 bits per heavy atom. The van der Waals surface area contributed by atoms with E-state index in [-0.39, 0.29) is 11.1 Å². The average molecular weight is 212 g/mol. The highest BCUT2D eigenvalue weighted by molar-refractivity contribution is 7.99. The summed E-state index contributed by atoms with van der Waals surface area (Å²) in [5.74, 6) is 1.07. The number of aromatic amines is 1. The minimum atomic E-state index is -0.144. The normalized spacial score (nSPS) is 16.8. The second-order valence-corrected chi connectivity index (χ2v) is 5.79. The third kappa shape index (κ3) is 1.52. The van der Waals surface area contributed by atoms with Gasteiger partial charge >= 0.3 is 0 Å². The van der Waals surface area contributed by atoms with Gasteiger partial charge in [0.25, 0.3) is 5.56 Å². The fraction of sp³-hybridized carbons (Fsp3) is 0.700. The summed E-state index contributed by atoms with van der Waals surface area (Å²) >= 11 is 1.69. The molecule has 0 unspecified atom stereocenters. The molecule has 1 aliphatic heterocycles. The van der Waals surface area contributed by atoms with Crippen LogP contribution >= 0.6 is 11.8 Å². The average Bonchev–Trinajstić information content (AvgIpc) is 2.44. The van der Waals surface area contributed by atoms with E-state index in [0.29, 0.717) is 0 Å². The van der Waals surface area contributed by atoms with Crippen LogP contribution in [0, 0.1) is 0 Å². The second kappa shape index (κ2) is 3.19. The molecule has 78 valence electrons. The van der Waals surface area contributed by atoms with Gasteiger partial charge in [-0.25, -0.2) is 4.68 Å². The number of hydrogen-bond donors (Lipinski definition) is 1. The molecule has 0 aliphatic carbocycles. The second-order valence-electron chi connectivity index (χ2n) is 4.68. The van der Waals surface area contributed by atoms with E-state index in [9.17, 15) is 4.79 Å². The fourth-order valence-electron chi connectivity index (χ4n) is 1.68. The number of aryl methyl sites for hydroxylation is 1. The molecule has 0 saturated carbocycles. The van der Waals surface area contributed by atoms with E-state index in [1.807, 2.05) is 20.8 Å². The number of rotatable bonds is 0. The van der Waals surface area contributed by atoms with Crippen LogP contribution in [-0.4, -0.2) is 15.5 Å². The van der Waals surface area contributed by atoms with Gasteiger partial charge in [-0.3, -0.25) is 9.89 Å². The number of aromatic nitrogens is 2. The van der Waals surface area contributed by atoms with Crippen molar-refractivity contribution >= 4 is 11.8 Å². The van der Waals surface area contributed by atoms with Gasteiger partial charge in [0.1, 0.15) is 0 Å². The van der Waals surface area contributed by atoms with E-state index in [0.717, 1.165) is 22.8 Å². The van der Waals surface area contributed by atoms with Crippen LogP contribution in [0.2, 0.25) is 0 Å². The Bertz CT molecular complexity index is 397. The third-order valence-corrected chi connectivity index (χ3v) is 3.61. The lowest BCUT2D eigenvalue weighted by Gasteiger charge is -2.19. The zero-order chi connectivity index (χ0) is 10.3. The molecule has 14 heavy (non-hydrogen) atoms. The first-order valence-corrected chi connectivity index (χ1v) is 5.96. The molecular weight excluding hydrogens is 196 g/mol. The molecule has 1 aromatic heterocycles. The van der Waals surface area contributed by atoms with Gasteiger partial charge in [-0.1, -0.05) is 0 Å². The molecule has 1 aliphatic rings. The summed E-state index contributed by atoms with van der Waals surface area (Å²) in [6.45, 7) is 6.13. The van der Waals surface area contributed by atoms with E-state index in [1.165, 1.54) is 6.42 Å². The SMILES string of the molecule is CC(C)(C)n1[nH]c2c(c1=O)SCCC2. The predicted octanol–water partition coefficient (Wildman–Crippen LogP) is 1.97. The van der Waals surface area contributed by atoms with Crippen molar-refractivity contribution in [1.82, 2.24) is 9.78 Å². The summed E-state index contributed by atoms with van der Waals surface area (Å²) in [6.07, 6.45) is 2.18. The Balaban J connectivity index is 2.55. The van der Waals surface area contributed by atoms with Gasteiger partial charge < -0.3 is 0 Å². The molecule has 0 bridgehead atoms. The van der Waals surface area contributed by atoms with Crippen LogP contribution in [-0.2, 0) is 12.0 Å². The minimum absolute atomic E-state index is 0.144. The van der Waals surface area contributed by atoms with Crippen molar-refractivity contribution in [3.05, 3.63) is 16.0 Å². The van der Waals surface area contributed by atoms with E-state index in [1.54, 1.807) is 16.4 Å². The first-order valence-electron chi connectivity index (χ1n) is 4.97. The van der Waals surface area contributed by atoms with Crippen LogP contribution < -0.4 is 5.56 Å². The van der Waals surface area contributed by atoms with Gasteiger partial charge in [-0.2, -0.15) is 0 Å². The maximum Gasteiger partial charge on any atom is 0.280 e. The van der Waals surface area contributed by atoms with Crippen LogP contribution in [0.5, 0.6) is 0 Å². The summed E-state index contributed by atoms with van der Waals surface area (Å²) in [6, 6.07) is 0. The first kappa shape index (κ1) is 9.90. The first-order chi connectivity index (χ1) is 6.50. The van der Waals surface area contributed by atoms with Crippen molar-refractivity contribution < 1.29 is 0 Å². The van der Waals surface area contributed by atoms with E-state index >= 15 is 0 Å². The molecule has 0 amide bonds. The van der Waals surface area contributed by atoms with Crippen molar-refractivity contribution in [1.29, 1.82) is 0 Å². The Morgan fingerprint density at radius 1 is 1.43 bits per heavy atom. The number of nitrogens with zero attached hydrogens (tertiary/aromatic N) is 1. The lowest BCUT2D eigenvalue weighted by molar-refractivity contribution is 0.342. The van der Waals surface area contributed by atoms with Crippen molar-refractivity contribution in [3.8, 4) is 0 Å². The zero-order valence-corrected chi connectivity index (χ0v) is 9.70. The standard InChI is InChI=1S/C10H16N2OS/c1-10(2,3)12-9(13)8-7(11-12)5-4-6-14-8/h11H,4-6H2,1-3H3. The number of thioether (sulfide) groups is 1. The molecule has 0 spiro atoms. The van der Waals surface area contributed by atoms with Crippen molar-refractivity contribution in [2.45, 2.75) is 44.0 Å². The maximum absolute atomic E-state index is 12.0. The molecule has 0 atom stereocenters. The molecule has 0 saturated heterocycles. The Morgan fingerprint density at radius 2 is 2.14 bits per heavy atom. The van der Waals surface area contributed by atoms with Crippen molar-refractivity contribution in [2.24, 2.45) is 0 Å². The summed E-state index contributed by atoms with van der Waals surface area (Å²) in [5.41, 5.74) is 1.13. The Hall–Kier alpha value is -0.640. The highest BCUT2D eigenvalue weighted by Crippen LogP contribution is 2.26. The summed E-state index contributed by atoms with van der Waals surface area (Å²) in [5, 5.41) is 3.23. The predicted molar refractivity (Wildman–Crippen MR) is 59.1 cm³/mol. The van der Waals surface area contributed by atoms with E-state index in [2.05, 4.69) is 5.10 Å². The summed E-state index contributed by atoms with van der Waals surface area (Å²) in [4.78, 5) is 12.9. The highest BCUT2D eigenvalue weighted by atomic mass is 32.2. The number of H-pyrrole nitrogens is 1. The van der Waals surface area contributed by atoms with Gasteiger partial charge in [-0.05, 0) is 39.4 Å². The van der Waals surface area contributed by atoms with Gasteiger partial charge in [0.2, 0.25) is 0 Å². The van der Waals surface area contributed by atoms with Crippen LogP contribution in [0.3, 0.4) is 0 Å². The molecule has 0 aromatic carbocycles. The quantitative estimate of drug-likeness (QED) is 0.714. The van der Waals surface area contributed by atoms with Crippen LogP contribution in [0.25, 0.3) is 0 Å². The monoisotopic (exact) mass is 212 g/mol. The maximum atomic E-state index is 12.0. The van der Waals surface area contributed by atoms with Crippen molar-refractivity contribution in [3.63, 3.8) is 0 Å². The third-order valence-electron chi connectivity index (χ3n) is 2.41. The molecule has 1 N–H and O–H groups in total. The van der Waals surface area contributed by atoms with Gasteiger partial charge in [0.05, 0.1) is 16.1 Å². The van der Waals surface area contributed by atoms with Crippen LogP contribution in [0.4, 0.5) is 0 Å². The molecular formula is C10H16N2OS.